The summed E-state index contributed by atoms with van der Waals surface area (Å²) in [5, 5.41) is 2.82. The fourth-order valence-corrected chi connectivity index (χ4v) is 2.30. The molecule has 0 unspecified atom stereocenters. The fraction of sp³-hybridized carbons (Fsp3) is 0.263. The molecule has 2 amide bonds. The molecule has 0 atom stereocenters. The molecule has 25 heavy (non-hydrogen) atoms. The quantitative estimate of drug-likeness (QED) is 0.732. The molecule has 0 radical (unpaired) electrons. The Kier molecular flexibility index (Phi) is 6.83. The van der Waals surface area contributed by atoms with E-state index < -0.39 is 5.91 Å². The molecule has 0 aliphatic heterocycles. The third-order valence-electron chi connectivity index (χ3n) is 3.39. The topological polar surface area (TPSA) is 90.7 Å². The number of amides is 2. The van der Waals surface area contributed by atoms with Gasteiger partial charge in [0.05, 0.1) is 6.61 Å². The molecule has 0 spiro atoms. The summed E-state index contributed by atoms with van der Waals surface area (Å²) in [6.07, 6.45) is 0.913. The lowest BCUT2D eigenvalue weighted by Gasteiger charge is -2.11. The van der Waals surface area contributed by atoms with Crippen molar-refractivity contribution in [1.29, 1.82) is 0 Å². The van der Waals surface area contributed by atoms with Gasteiger partial charge in [-0.05, 0) is 37.1 Å². The first-order chi connectivity index (χ1) is 12.1. The highest BCUT2D eigenvalue weighted by Crippen LogP contribution is 2.21. The van der Waals surface area contributed by atoms with E-state index in [1.54, 1.807) is 24.3 Å². The van der Waals surface area contributed by atoms with Crippen molar-refractivity contribution >= 4 is 17.5 Å². The Labute approximate surface area is 146 Å². The molecule has 132 valence electrons. The van der Waals surface area contributed by atoms with Gasteiger partial charge in [-0.2, -0.15) is 0 Å². The van der Waals surface area contributed by atoms with E-state index in [1.807, 2.05) is 31.2 Å². The number of carbonyl (C=O) groups excluding carboxylic acids is 2. The minimum absolute atomic E-state index is 0.113. The second-order valence-electron chi connectivity index (χ2n) is 5.37. The van der Waals surface area contributed by atoms with Gasteiger partial charge in [-0.3, -0.25) is 9.59 Å². The molecule has 2 rings (SSSR count). The van der Waals surface area contributed by atoms with Crippen LogP contribution in [-0.2, 0) is 16.0 Å². The third-order valence-corrected chi connectivity index (χ3v) is 3.39. The zero-order valence-electron chi connectivity index (χ0n) is 14.2. The van der Waals surface area contributed by atoms with Crippen LogP contribution in [0.3, 0.4) is 0 Å². The Balaban J connectivity index is 1.90. The molecule has 6 heteroatoms. The van der Waals surface area contributed by atoms with E-state index in [0.29, 0.717) is 30.9 Å². The molecule has 0 saturated heterocycles. The zero-order chi connectivity index (χ0) is 18.1. The van der Waals surface area contributed by atoms with Crippen molar-refractivity contribution in [3.05, 3.63) is 54.1 Å². The van der Waals surface area contributed by atoms with Crippen LogP contribution in [0.1, 0.15) is 18.9 Å². The van der Waals surface area contributed by atoms with Crippen LogP contribution in [0, 0.1) is 0 Å². The van der Waals surface area contributed by atoms with Crippen molar-refractivity contribution in [2.24, 2.45) is 5.73 Å². The normalized spacial score (nSPS) is 10.1. The second-order valence-corrected chi connectivity index (χ2v) is 5.37. The number of nitrogens with two attached hydrogens (primary N) is 1. The largest absolute Gasteiger partial charge is 0.494 e. The van der Waals surface area contributed by atoms with Gasteiger partial charge in [-0.1, -0.05) is 24.3 Å². The minimum atomic E-state index is -0.553. The Bertz CT molecular complexity index is 731. The van der Waals surface area contributed by atoms with Crippen LogP contribution in [0.15, 0.2) is 48.5 Å². The van der Waals surface area contributed by atoms with Gasteiger partial charge in [-0.25, -0.2) is 0 Å². The molecule has 0 aliphatic rings. The molecule has 0 saturated carbocycles. The maximum atomic E-state index is 12.2. The fourth-order valence-electron chi connectivity index (χ4n) is 2.30. The highest BCUT2D eigenvalue weighted by molar-refractivity contribution is 5.91. The molecular weight excluding hydrogens is 320 g/mol. The Hall–Kier alpha value is -3.02. The number of carbonyl (C=O) groups is 2. The Morgan fingerprint density at radius 1 is 1.08 bits per heavy atom. The Morgan fingerprint density at radius 2 is 1.88 bits per heavy atom. The predicted octanol–water partition coefficient (Wildman–Crippen LogP) is 2.52. The van der Waals surface area contributed by atoms with E-state index in [-0.39, 0.29) is 12.5 Å². The molecule has 3 N–H and O–H groups in total. The van der Waals surface area contributed by atoms with Crippen molar-refractivity contribution < 1.29 is 19.1 Å². The number of anilines is 1. The number of aryl methyl sites for hydroxylation is 1. The van der Waals surface area contributed by atoms with Crippen LogP contribution in [0.25, 0.3) is 0 Å². The lowest BCUT2D eigenvalue weighted by molar-refractivity contribution is -0.120. The van der Waals surface area contributed by atoms with Gasteiger partial charge in [0.15, 0.2) is 6.61 Å². The van der Waals surface area contributed by atoms with E-state index in [2.05, 4.69) is 5.32 Å². The van der Waals surface area contributed by atoms with E-state index in [4.69, 9.17) is 15.2 Å². The van der Waals surface area contributed by atoms with E-state index in [1.165, 1.54) is 0 Å². The summed E-state index contributed by atoms with van der Waals surface area (Å²) < 4.78 is 10.8. The highest BCUT2D eigenvalue weighted by atomic mass is 16.5. The zero-order valence-corrected chi connectivity index (χ0v) is 14.2. The van der Waals surface area contributed by atoms with Crippen molar-refractivity contribution in [3.8, 4) is 11.5 Å². The van der Waals surface area contributed by atoms with E-state index in [0.717, 1.165) is 11.3 Å². The number of para-hydroxylation sites is 1. The van der Waals surface area contributed by atoms with Gasteiger partial charge in [0.2, 0.25) is 5.91 Å². The average Bonchev–Trinajstić information content (AvgIpc) is 2.60. The molecular formula is C19H22N2O4. The summed E-state index contributed by atoms with van der Waals surface area (Å²) in [4.78, 5) is 22.9. The first-order valence-electron chi connectivity index (χ1n) is 8.10. The van der Waals surface area contributed by atoms with Gasteiger partial charge in [0.25, 0.3) is 5.91 Å². The minimum Gasteiger partial charge on any atom is -0.494 e. The summed E-state index contributed by atoms with van der Waals surface area (Å²) in [6.45, 7) is 2.31. The van der Waals surface area contributed by atoms with Crippen LogP contribution in [0.4, 0.5) is 5.69 Å². The summed E-state index contributed by atoms with van der Waals surface area (Å²) in [5.41, 5.74) is 6.64. The summed E-state index contributed by atoms with van der Waals surface area (Å²) in [6, 6.07) is 14.5. The molecule has 2 aromatic carbocycles. The number of rotatable bonds is 9. The number of ether oxygens (including phenoxy) is 2. The Morgan fingerprint density at radius 3 is 2.64 bits per heavy atom. The molecule has 0 aliphatic carbocycles. The van der Waals surface area contributed by atoms with Crippen LogP contribution < -0.4 is 20.5 Å². The number of nitrogens with one attached hydrogen (secondary N) is 1. The molecule has 6 nitrogen and oxygen atoms in total. The third kappa shape index (κ3) is 6.18. The molecule has 0 bridgehead atoms. The lowest BCUT2D eigenvalue weighted by Crippen LogP contribution is -2.20. The lowest BCUT2D eigenvalue weighted by atomic mass is 10.1. The van der Waals surface area contributed by atoms with E-state index in [9.17, 15) is 9.59 Å². The molecule has 0 heterocycles. The van der Waals surface area contributed by atoms with Gasteiger partial charge < -0.3 is 20.5 Å². The second kappa shape index (κ2) is 9.32. The molecule has 2 aromatic rings. The van der Waals surface area contributed by atoms with Crippen LogP contribution in [-0.4, -0.2) is 25.0 Å². The highest BCUT2D eigenvalue weighted by Gasteiger charge is 2.08. The van der Waals surface area contributed by atoms with Gasteiger partial charge in [0, 0.05) is 18.2 Å². The van der Waals surface area contributed by atoms with Crippen molar-refractivity contribution in [3.63, 3.8) is 0 Å². The van der Waals surface area contributed by atoms with Gasteiger partial charge in [-0.15, -0.1) is 0 Å². The SMILES string of the molecule is CCOc1ccccc1CCC(=O)Nc1cccc(OCC(N)=O)c1. The smallest absolute Gasteiger partial charge is 0.255 e. The first-order valence-corrected chi connectivity index (χ1v) is 8.10. The van der Waals surface area contributed by atoms with Crippen LogP contribution >= 0.6 is 0 Å². The van der Waals surface area contributed by atoms with Crippen LogP contribution in [0.2, 0.25) is 0 Å². The molecule has 0 aromatic heterocycles. The summed E-state index contributed by atoms with van der Waals surface area (Å²) in [5.74, 6) is 0.610. The number of hydrogen-bond acceptors (Lipinski definition) is 4. The van der Waals surface area contributed by atoms with Crippen LogP contribution in [0.5, 0.6) is 11.5 Å². The standard InChI is InChI=1S/C19H22N2O4/c1-2-24-17-9-4-3-6-14(17)10-11-19(23)21-15-7-5-8-16(12-15)25-13-18(20)22/h3-9,12H,2,10-11,13H2,1H3,(H2,20,22)(H,21,23). The summed E-state index contributed by atoms with van der Waals surface area (Å²) >= 11 is 0. The maximum absolute atomic E-state index is 12.2. The van der Waals surface area contributed by atoms with E-state index >= 15 is 0 Å². The number of primary amides is 1. The van der Waals surface area contributed by atoms with Crippen molar-refractivity contribution in [2.45, 2.75) is 19.8 Å². The van der Waals surface area contributed by atoms with Gasteiger partial charge in [0.1, 0.15) is 11.5 Å². The number of hydrogen-bond donors (Lipinski definition) is 2. The molecule has 0 fully saturated rings. The van der Waals surface area contributed by atoms with Crippen molar-refractivity contribution in [1.82, 2.24) is 0 Å². The summed E-state index contributed by atoms with van der Waals surface area (Å²) in [7, 11) is 0. The first kappa shape index (κ1) is 18.3. The van der Waals surface area contributed by atoms with Gasteiger partial charge >= 0.3 is 0 Å². The average molecular weight is 342 g/mol. The maximum Gasteiger partial charge on any atom is 0.255 e. The monoisotopic (exact) mass is 342 g/mol. The number of benzene rings is 2. The van der Waals surface area contributed by atoms with Crippen molar-refractivity contribution in [2.75, 3.05) is 18.5 Å². The predicted molar refractivity (Wildman–Crippen MR) is 95.7 cm³/mol.